The van der Waals surface area contributed by atoms with E-state index in [2.05, 4.69) is 11.4 Å². The molecule has 4 heteroatoms. The highest BCUT2D eigenvalue weighted by atomic mass is 16.5. The van der Waals surface area contributed by atoms with Crippen LogP contribution in [0.25, 0.3) is 0 Å². The van der Waals surface area contributed by atoms with Crippen molar-refractivity contribution in [2.75, 3.05) is 6.61 Å². The number of morpholine rings is 1. The molecule has 0 aromatic rings. The van der Waals surface area contributed by atoms with Crippen molar-refractivity contribution in [2.45, 2.75) is 32.4 Å². The number of rotatable bonds is 1. The predicted molar refractivity (Wildman–Crippen MR) is 46.7 cm³/mol. The highest BCUT2D eigenvalue weighted by Gasteiger charge is 2.39. The van der Waals surface area contributed by atoms with Gasteiger partial charge in [-0.05, 0) is 12.8 Å². The molecule has 2 atom stereocenters. The average molecular weight is 182 g/mol. The summed E-state index contributed by atoms with van der Waals surface area (Å²) < 4.78 is 4.93. The third-order valence-electron chi connectivity index (χ3n) is 2.14. The van der Waals surface area contributed by atoms with Crippen molar-refractivity contribution in [3.8, 4) is 6.07 Å². The van der Waals surface area contributed by atoms with Gasteiger partial charge >= 0.3 is 5.97 Å². The highest BCUT2D eigenvalue weighted by Crippen LogP contribution is 2.16. The van der Waals surface area contributed by atoms with Crippen LogP contribution < -0.4 is 5.32 Å². The summed E-state index contributed by atoms with van der Waals surface area (Å²) in [7, 11) is 0. The maximum absolute atomic E-state index is 11.2. The first-order valence-electron chi connectivity index (χ1n) is 4.34. The van der Waals surface area contributed by atoms with Gasteiger partial charge in [0, 0.05) is 0 Å². The van der Waals surface area contributed by atoms with E-state index in [0.717, 1.165) is 0 Å². The van der Waals surface area contributed by atoms with E-state index in [1.807, 2.05) is 13.8 Å². The van der Waals surface area contributed by atoms with E-state index in [-0.39, 0.29) is 24.5 Å². The van der Waals surface area contributed by atoms with Crippen LogP contribution in [-0.4, -0.2) is 24.2 Å². The molecule has 72 valence electrons. The summed E-state index contributed by atoms with van der Waals surface area (Å²) in [6.45, 7) is 5.70. The maximum atomic E-state index is 11.2. The standard InChI is InChI=1S/C9H14N2O2/c1-6(2)7-8(12)13-5-9(3,4-10)11-7/h6-7,11H,5H2,1-3H3/t7-,9-/m0/s1. The van der Waals surface area contributed by atoms with Crippen LogP contribution in [0.4, 0.5) is 0 Å². The van der Waals surface area contributed by atoms with Gasteiger partial charge in [-0.25, -0.2) is 0 Å². The number of nitrogens with one attached hydrogen (secondary N) is 1. The first kappa shape index (κ1) is 10.0. The molecule has 0 saturated carbocycles. The number of nitrogens with zero attached hydrogens (tertiary/aromatic N) is 1. The lowest BCUT2D eigenvalue weighted by molar-refractivity contribution is -0.154. The Morgan fingerprint density at radius 3 is 2.85 bits per heavy atom. The van der Waals surface area contributed by atoms with Crippen LogP contribution in [0.2, 0.25) is 0 Å². The van der Waals surface area contributed by atoms with Crippen molar-refractivity contribution in [1.29, 1.82) is 5.26 Å². The summed E-state index contributed by atoms with van der Waals surface area (Å²) in [6.07, 6.45) is 0. The fraction of sp³-hybridized carbons (Fsp3) is 0.778. The Morgan fingerprint density at radius 1 is 1.77 bits per heavy atom. The molecular formula is C9H14N2O2. The summed E-state index contributed by atoms with van der Waals surface area (Å²) >= 11 is 0. The zero-order valence-electron chi connectivity index (χ0n) is 8.13. The number of ether oxygens (including phenoxy) is 1. The first-order chi connectivity index (χ1) is 5.98. The Hall–Kier alpha value is -1.08. The van der Waals surface area contributed by atoms with Gasteiger partial charge in [0.15, 0.2) is 0 Å². The zero-order chi connectivity index (χ0) is 10.1. The molecule has 1 saturated heterocycles. The van der Waals surface area contributed by atoms with Gasteiger partial charge in [0.25, 0.3) is 0 Å². The number of esters is 1. The van der Waals surface area contributed by atoms with E-state index < -0.39 is 5.54 Å². The molecule has 0 unspecified atom stereocenters. The minimum Gasteiger partial charge on any atom is -0.461 e. The predicted octanol–water partition coefficient (Wildman–Crippen LogP) is 0.440. The summed E-state index contributed by atoms with van der Waals surface area (Å²) in [5.41, 5.74) is -0.733. The zero-order valence-corrected chi connectivity index (χ0v) is 8.13. The molecule has 0 aromatic heterocycles. The molecule has 13 heavy (non-hydrogen) atoms. The number of hydrogen-bond donors (Lipinski definition) is 1. The number of nitriles is 1. The van der Waals surface area contributed by atoms with Crippen LogP contribution >= 0.6 is 0 Å². The third kappa shape index (κ3) is 1.99. The summed E-state index contributed by atoms with van der Waals surface area (Å²) in [6, 6.07) is 1.73. The number of carbonyl (C=O) groups excluding carboxylic acids is 1. The van der Waals surface area contributed by atoms with Gasteiger partial charge in [0.1, 0.15) is 18.2 Å². The van der Waals surface area contributed by atoms with Crippen molar-refractivity contribution in [2.24, 2.45) is 5.92 Å². The molecule has 0 spiro atoms. The van der Waals surface area contributed by atoms with E-state index in [9.17, 15) is 4.79 Å². The molecule has 1 aliphatic rings. The van der Waals surface area contributed by atoms with Gasteiger partial charge in [-0.15, -0.1) is 0 Å². The van der Waals surface area contributed by atoms with Crippen LogP contribution in [0.15, 0.2) is 0 Å². The van der Waals surface area contributed by atoms with E-state index in [1.165, 1.54) is 0 Å². The van der Waals surface area contributed by atoms with Gasteiger partial charge in [-0.1, -0.05) is 13.8 Å². The lowest BCUT2D eigenvalue weighted by Crippen LogP contribution is -2.60. The molecule has 0 bridgehead atoms. The lowest BCUT2D eigenvalue weighted by atomic mass is 9.96. The Balaban J connectivity index is 2.76. The molecule has 0 amide bonds. The van der Waals surface area contributed by atoms with E-state index in [1.54, 1.807) is 6.92 Å². The monoisotopic (exact) mass is 182 g/mol. The molecule has 1 heterocycles. The number of carbonyl (C=O) groups is 1. The van der Waals surface area contributed by atoms with Crippen LogP contribution in [-0.2, 0) is 9.53 Å². The second-order valence-corrected chi connectivity index (χ2v) is 3.92. The van der Waals surface area contributed by atoms with Gasteiger partial charge in [-0.2, -0.15) is 5.26 Å². The van der Waals surface area contributed by atoms with Crippen LogP contribution in [0, 0.1) is 17.2 Å². The third-order valence-corrected chi connectivity index (χ3v) is 2.14. The van der Waals surface area contributed by atoms with Crippen molar-refractivity contribution in [3.63, 3.8) is 0 Å². The molecule has 0 aromatic carbocycles. The Labute approximate surface area is 77.9 Å². The quantitative estimate of drug-likeness (QED) is 0.598. The summed E-state index contributed by atoms with van der Waals surface area (Å²) in [5.74, 6) is -0.122. The molecule has 1 rings (SSSR count). The van der Waals surface area contributed by atoms with E-state index in [0.29, 0.717) is 0 Å². The van der Waals surface area contributed by atoms with E-state index >= 15 is 0 Å². The van der Waals surface area contributed by atoms with Gasteiger partial charge in [0.2, 0.25) is 0 Å². The van der Waals surface area contributed by atoms with Crippen molar-refractivity contribution >= 4 is 5.97 Å². The SMILES string of the molecule is CC(C)[C@@H]1N[C@@](C)(C#N)COC1=O. The topological polar surface area (TPSA) is 62.1 Å². The van der Waals surface area contributed by atoms with Gasteiger partial charge < -0.3 is 4.74 Å². The summed E-state index contributed by atoms with van der Waals surface area (Å²) in [4.78, 5) is 11.2. The molecule has 0 aliphatic carbocycles. The van der Waals surface area contributed by atoms with Gasteiger partial charge in [0.05, 0.1) is 6.07 Å². The van der Waals surface area contributed by atoms with Crippen molar-refractivity contribution in [3.05, 3.63) is 0 Å². The second kappa shape index (κ2) is 3.35. The normalized spacial score (nSPS) is 34.1. The first-order valence-corrected chi connectivity index (χ1v) is 4.34. The molecule has 1 N–H and O–H groups in total. The second-order valence-electron chi connectivity index (χ2n) is 3.92. The fourth-order valence-electron chi connectivity index (χ4n) is 1.25. The molecule has 4 nitrogen and oxygen atoms in total. The Kier molecular flexibility index (Phi) is 2.58. The molecule has 1 aliphatic heterocycles. The van der Waals surface area contributed by atoms with Gasteiger partial charge in [-0.3, -0.25) is 10.1 Å². The van der Waals surface area contributed by atoms with Crippen molar-refractivity contribution < 1.29 is 9.53 Å². The van der Waals surface area contributed by atoms with Crippen molar-refractivity contribution in [1.82, 2.24) is 5.32 Å². The van der Waals surface area contributed by atoms with Crippen LogP contribution in [0.5, 0.6) is 0 Å². The van der Waals surface area contributed by atoms with Crippen LogP contribution in [0.3, 0.4) is 0 Å². The molecule has 1 fully saturated rings. The summed E-state index contributed by atoms with van der Waals surface area (Å²) in [5, 5.41) is 11.8. The minimum atomic E-state index is -0.733. The highest BCUT2D eigenvalue weighted by molar-refractivity contribution is 5.77. The Bertz CT molecular complexity index is 257. The lowest BCUT2D eigenvalue weighted by Gasteiger charge is -2.35. The Morgan fingerprint density at radius 2 is 2.38 bits per heavy atom. The average Bonchev–Trinajstić information content (AvgIpc) is 2.09. The smallest absolute Gasteiger partial charge is 0.323 e. The fourth-order valence-corrected chi connectivity index (χ4v) is 1.25. The maximum Gasteiger partial charge on any atom is 0.323 e. The minimum absolute atomic E-state index is 0.131. The molecule has 0 radical (unpaired) electrons. The largest absolute Gasteiger partial charge is 0.461 e. The number of hydrogen-bond acceptors (Lipinski definition) is 4. The number of cyclic esters (lactones) is 1. The van der Waals surface area contributed by atoms with Crippen LogP contribution in [0.1, 0.15) is 20.8 Å². The van der Waals surface area contributed by atoms with E-state index in [4.69, 9.17) is 10.00 Å². The molecular weight excluding hydrogens is 168 g/mol.